The number of hydrogen-bond acceptors (Lipinski definition) is 5. The molecule has 0 unspecified atom stereocenters. The number of benzene rings is 2. The molecule has 2 aromatic rings. The van der Waals surface area contributed by atoms with Crippen molar-refractivity contribution in [1.29, 1.82) is 0 Å². The third-order valence-electron chi connectivity index (χ3n) is 5.25. The van der Waals surface area contributed by atoms with Crippen LogP contribution in [0.25, 0.3) is 0 Å². The van der Waals surface area contributed by atoms with Gasteiger partial charge in [0.1, 0.15) is 0 Å². The average Bonchev–Trinajstić information content (AvgIpc) is 3.00. The van der Waals surface area contributed by atoms with Crippen molar-refractivity contribution in [2.45, 2.75) is 33.1 Å². The first-order valence-electron chi connectivity index (χ1n) is 10.2. The monoisotopic (exact) mass is 424 g/mol. The molecule has 2 aromatic carbocycles. The topological polar surface area (TPSA) is 122 Å². The van der Waals surface area contributed by atoms with Crippen molar-refractivity contribution in [2.75, 3.05) is 18.4 Å². The number of amides is 4. The van der Waals surface area contributed by atoms with E-state index in [1.807, 2.05) is 32.0 Å². The molecule has 0 saturated carbocycles. The Morgan fingerprint density at radius 3 is 2.29 bits per heavy atom. The van der Waals surface area contributed by atoms with Crippen LogP contribution in [0, 0.1) is 10.1 Å². The predicted octanol–water partition coefficient (Wildman–Crippen LogP) is 3.53. The van der Waals surface area contributed by atoms with Crippen molar-refractivity contribution in [3.8, 4) is 0 Å². The largest absolute Gasteiger partial charge is 0.338 e. The van der Waals surface area contributed by atoms with E-state index in [-0.39, 0.29) is 35.9 Å². The van der Waals surface area contributed by atoms with Crippen LogP contribution in [-0.2, 0) is 12.8 Å². The molecule has 0 fully saturated rings. The molecule has 162 valence electrons. The number of anilines is 1. The van der Waals surface area contributed by atoms with E-state index in [4.69, 9.17) is 0 Å². The number of nitro benzene ring substituents is 1. The zero-order valence-electron chi connectivity index (χ0n) is 17.4. The van der Waals surface area contributed by atoms with E-state index >= 15 is 0 Å². The Kier molecular flexibility index (Phi) is 6.64. The van der Waals surface area contributed by atoms with Gasteiger partial charge in [-0.2, -0.15) is 0 Å². The summed E-state index contributed by atoms with van der Waals surface area (Å²) < 4.78 is 0. The molecular formula is C22H24N4O5. The van der Waals surface area contributed by atoms with Crippen molar-refractivity contribution >= 4 is 29.2 Å². The molecule has 0 radical (unpaired) electrons. The van der Waals surface area contributed by atoms with Gasteiger partial charge in [0.25, 0.3) is 17.5 Å². The van der Waals surface area contributed by atoms with E-state index in [0.717, 1.165) is 40.6 Å². The zero-order chi connectivity index (χ0) is 22.5. The number of nitro groups is 1. The predicted molar refractivity (Wildman–Crippen MR) is 115 cm³/mol. The molecule has 0 bridgehead atoms. The number of para-hydroxylation sites is 1. The lowest BCUT2D eigenvalue weighted by molar-refractivity contribution is -0.384. The van der Waals surface area contributed by atoms with E-state index in [2.05, 4.69) is 10.6 Å². The summed E-state index contributed by atoms with van der Waals surface area (Å²) in [4.78, 5) is 48.6. The van der Waals surface area contributed by atoms with Gasteiger partial charge in [-0.15, -0.1) is 0 Å². The average molecular weight is 424 g/mol. The Balaban J connectivity index is 1.54. The molecule has 1 aliphatic heterocycles. The number of imide groups is 1. The van der Waals surface area contributed by atoms with Gasteiger partial charge in [-0.25, -0.2) is 4.79 Å². The third-order valence-corrected chi connectivity index (χ3v) is 5.25. The van der Waals surface area contributed by atoms with Crippen molar-refractivity contribution in [3.63, 3.8) is 0 Å². The number of non-ortho nitro benzene ring substituents is 1. The molecule has 9 heteroatoms. The highest BCUT2D eigenvalue weighted by atomic mass is 16.6. The van der Waals surface area contributed by atoms with Gasteiger partial charge in [0, 0.05) is 30.9 Å². The van der Waals surface area contributed by atoms with E-state index < -0.39 is 16.7 Å². The van der Waals surface area contributed by atoms with Crippen LogP contribution < -0.4 is 10.6 Å². The van der Waals surface area contributed by atoms with Crippen LogP contribution in [-0.4, -0.2) is 40.8 Å². The van der Waals surface area contributed by atoms with Crippen LogP contribution in [0.5, 0.6) is 0 Å². The van der Waals surface area contributed by atoms with E-state index in [1.165, 1.54) is 12.1 Å². The van der Waals surface area contributed by atoms with Crippen molar-refractivity contribution < 1.29 is 19.3 Å². The lowest BCUT2D eigenvalue weighted by atomic mass is 10.0. The second kappa shape index (κ2) is 9.38. The molecule has 1 heterocycles. The fraction of sp³-hybridized carbons (Fsp3) is 0.318. The van der Waals surface area contributed by atoms with Crippen LogP contribution in [0.1, 0.15) is 52.1 Å². The van der Waals surface area contributed by atoms with Crippen LogP contribution in [0.4, 0.5) is 16.2 Å². The van der Waals surface area contributed by atoms with Crippen LogP contribution in [0.15, 0.2) is 36.4 Å². The summed E-state index contributed by atoms with van der Waals surface area (Å²) in [6.07, 6.45) is 1.94. The second-order valence-electron chi connectivity index (χ2n) is 7.14. The summed E-state index contributed by atoms with van der Waals surface area (Å²) in [5.41, 5.74) is 2.87. The Morgan fingerprint density at radius 2 is 1.68 bits per heavy atom. The van der Waals surface area contributed by atoms with E-state index in [9.17, 15) is 24.5 Å². The highest BCUT2D eigenvalue weighted by molar-refractivity contribution is 6.21. The molecule has 4 amide bonds. The van der Waals surface area contributed by atoms with Gasteiger partial charge in [-0.05, 0) is 36.5 Å². The van der Waals surface area contributed by atoms with Crippen LogP contribution >= 0.6 is 0 Å². The van der Waals surface area contributed by atoms with Gasteiger partial charge >= 0.3 is 6.03 Å². The lowest BCUT2D eigenvalue weighted by Crippen LogP contribution is -2.35. The molecular weight excluding hydrogens is 400 g/mol. The van der Waals surface area contributed by atoms with Gasteiger partial charge in [0.15, 0.2) is 0 Å². The lowest BCUT2D eigenvalue weighted by Gasteiger charge is -2.16. The van der Waals surface area contributed by atoms with Crippen molar-refractivity contribution in [1.82, 2.24) is 10.2 Å². The van der Waals surface area contributed by atoms with Crippen molar-refractivity contribution in [2.24, 2.45) is 0 Å². The number of nitrogens with one attached hydrogen (secondary N) is 2. The number of carbonyl (C=O) groups is 3. The summed E-state index contributed by atoms with van der Waals surface area (Å²) in [6.45, 7) is 4.41. The fourth-order valence-electron chi connectivity index (χ4n) is 3.60. The maximum absolute atomic E-state index is 12.5. The normalized spacial score (nSPS) is 12.6. The second-order valence-corrected chi connectivity index (χ2v) is 7.14. The standard InChI is InChI=1S/C22H24N4O5/c1-3-14-7-5-8-15(4-2)19(14)24-22(29)23-11-6-12-25-20(27)17-10-9-16(26(30)31)13-18(17)21(25)28/h5,7-10,13H,3-4,6,11-12H2,1-2H3,(H2,23,24,29). The molecule has 1 aliphatic rings. The maximum atomic E-state index is 12.5. The summed E-state index contributed by atoms with van der Waals surface area (Å²) >= 11 is 0. The minimum absolute atomic E-state index is 0.0353. The molecule has 2 N–H and O–H groups in total. The Hall–Kier alpha value is -3.75. The minimum atomic E-state index is -0.607. The molecule has 0 aliphatic carbocycles. The highest BCUT2D eigenvalue weighted by Crippen LogP contribution is 2.27. The number of aryl methyl sites for hydroxylation is 2. The van der Waals surface area contributed by atoms with Gasteiger partial charge in [0.05, 0.1) is 16.1 Å². The molecule has 31 heavy (non-hydrogen) atoms. The number of fused-ring (bicyclic) bond motifs is 1. The van der Waals surface area contributed by atoms with Crippen LogP contribution in [0.3, 0.4) is 0 Å². The molecule has 0 atom stereocenters. The van der Waals surface area contributed by atoms with Gasteiger partial charge in [0.2, 0.25) is 0 Å². The number of nitrogens with zero attached hydrogens (tertiary/aromatic N) is 2. The van der Waals surface area contributed by atoms with Crippen LogP contribution in [0.2, 0.25) is 0 Å². The molecule has 9 nitrogen and oxygen atoms in total. The summed E-state index contributed by atoms with van der Waals surface area (Å²) in [5, 5.41) is 16.5. The number of rotatable bonds is 8. The minimum Gasteiger partial charge on any atom is -0.338 e. The fourth-order valence-corrected chi connectivity index (χ4v) is 3.60. The highest BCUT2D eigenvalue weighted by Gasteiger charge is 2.36. The van der Waals surface area contributed by atoms with Gasteiger partial charge in [-0.1, -0.05) is 32.0 Å². The van der Waals surface area contributed by atoms with E-state index in [0.29, 0.717) is 6.42 Å². The summed E-state index contributed by atoms with van der Waals surface area (Å²) in [5.74, 6) is -1.04. The number of carbonyl (C=O) groups excluding carboxylic acids is 3. The summed E-state index contributed by atoms with van der Waals surface area (Å²) in [7, 11) is 0. The summed E-state index contributed by atoms with van der Waals surface area (Å²) in [6, 6.07) is 9.19. The first-order valence-corrected chi connectivity index (χ1v) is 10.2. The molecule has 0 saturated heterocycles. The van der Waals surface area contributed by atoms with E-state index in [1.54, 1.807) is 0 Å². The zero-order valence-corrected chi connectivity index (χ0v) is 17.4. The quantitative estimate of drug-likeness (QED) is 0.291. The first-order chi connectivity index (χ1) is 14.9. The Morgan fingerprint density at radius 1 is 1.03 bits per heavy atom. The van der Waals surface area contributed by atoms with Crippen molar-refractivity contribution in [3.05, 3.63) is 68.8 Å². The Labute approximate surface area is 179 Å². The smallest absolute Gasteiger partial charge is 0.319 e. The molecule has 3 rings (SSSR count). The molecule has 0 aromatic heterocycles. The number of urea groups is 1. The first kappa shape index (κ1) is 21.9. The van der Waals surface area contributed by atoms with Gasteiger partial charge in [-0.3, -0.25) is 24.6 Å². The van der Waals surface area contributed by atoms with Gasteiger partial charge < -0.3 is 10.6 Å². The number of hydrogen-bond donors (Lipinski definition) is 2. The maximum Gasteiger partial charge on any atom is 0.319 e. The third kappa shape index (κ3) is 4.55. The SMILES string of the molecule is CCc1cccc(CC)c1NC(=O)NCCCN1C(=O)c2ccc([N+](=O)[O-])cc2C1=O. The molecule has 0 spiro atoms. The Bertz CT molecular complexity index is 1030.